The van der Waals surface area contributed by atoms with Crippen LogP contribution < -0.4 is 0 Å². The van der Waals surface area contributed by atoms with E-state index in [4.69, 9.17) is 0 Å². The second-order valence-corrected chi connectivity index (χ2v) is 3.55. The van der Waals surface area contributed by atoms with Gasteiger partial charge in [0, 0.05) is 11.9 Å². The Bertz CT molecular complexity index is 265. The minimum absolute atomic E-state index is 0.543. The van der Waals surface area contributed by atoms with Crippen LogP contribution in [0.3, 0.4) is 0 Å². The van der Waals surface area contributed by atoms with Crippen LogP contribution in [0.25, 0.3) is 0 Å². The lowest BCUT2D eigenvalue weighted by atomic mass is 10.0. The molecule has 78 valence electrons. The molecule has 0 N–H and O–H groups in total. The Kier molecular flexibility index (Phi) is 6.73. The van der Waals surface area contributed by atoms with Crippen molar-refractivity contribution in [2.24, 2.45) is 10.9 Å². The summed E-state index contributed by atoms with van der Waals surface area (Å²) in [6, 6.07) is 0. The van der Waals surface area contributed by atoms with Crippen LogP contribution in [0.1, 0.15) is 34.6 Å². The van der Waals surface area contributed by atoms with Gasteiger partial charge in [0.2, 0.25) is 0 Å². The molecular formula is C13H21N. The normalized spacial score (nSPS) is 15.0. The van der Waals surface area contributed by atoms with Crippen molar-refractivity contribution in [1.29, 1.82) is 0 Å². The third-order valence-corrected chi connectivity index (χ3v) is 1.83. The molecule has 0 aromatic heterocycles. The average Bonchev–Trinajstić information content (AvgIpc) is 2.14. The van der Waals surface area contributed by atoms with Gasteiger partial charge in [0.1, 0.15) is 0 Å². The van der Waals surface area contributed by atoms with Crippen molar-refractivity contribution in [3.63, 3.8) is 0 Å². The molecule has 0 unspecified atom stereocenters. The molecule has 0 atom stereocenters. The third-order valence-electron chi connectivity index (χ3n) is 1.83. The molecule has 1 nitrogen and oxygen atoms in total. The van der Waals surface area contributed by atoms with E-state index in [0.29, 0.717) is 5.92 Å². The molecule has 0 saturated heterocycles. The van der Waals surface area contributed by atoms with Gasteiger partial charge in [-0.25, -0.2) is 0 Å². The Morgan fingerprint density at radius 2 is 1.79 bits per heavy atom. The van der Waals surface area contributed by atoms with Gasteiger partial charge in [-0.05, 0) is 38.3 Å². The number of allylic oxidation sites excluding steroid dienone is 5. The first-order valence-corrected chi connectivity index (χ1v) is 5.11. The van der Waals surface area contributed by atoms with E-state index in [-0.39, 0.29) is 0 Å². The number of rotatable bonds is 4. The Balaban J connectivity index is 4.73. The third kappa shape index (κ3) is 5.52. The molecule has 0 spiro atoms. The summed E-state index contributed by atoms with van der Waals surface area (Å²) >= 11 is 0. The maximum atomic E-state index is 4.27. The smallest absolute Gasteiger partial charge is 0.0375 e. The van der Waals surface area contributed by atoms with Crippen molar-refractivity contribution in [3.8, 4) is 0 Å². The summed E-state index contributed by atoms with van der Waals surface area (Å²) in [7, 11) is 0. The molecule has 0 heterocycles. The molecule has 0 aliphatic rings. The minimum Gasteiger partial charge on any atom is -0.262 e. The van der Waals surface area contributed by atoms with E-state index in [9.17, 15) is 0 Å². The van der Waals surface area contributed by atoms with Crippen LogP contribution in [0.4, 0.5) is 0 Å². The molecule has 0 aliphatic carbocycles. The highest BCUT2D eigenvalue weighted by Gasteiger charge is 1.98. The zero-order valence-electron chi connectivity index (χ0n) is 9.91. The van der Waals surface area contributed by atoms with Gasteiger partial charge in [-0.3, -0.25) is 4.99 Å². The van der Waals surface area contributed by atoms with Crippen LogP contribution in [-0.2, 0) is 0 Å². The molecular weight excluding hydrogens is 170 g/mol. The quantitative estimate of drug-likeness (QED) is 0.468. The zero-order valence-corrected chi connectivity index (χ0v) is 9.91. The lowest BCUT2D eigenvalue weighted by Gasteiger charge is -2.05. The Morgan fingerprint density at radius 3 is 2.21 bits per heavy atom. The molecule has 0 bridgehead atoms. The second-order valence-electron chi connectivity index (χ2n) is 3.55. The van der Waals surface area contributed by atoms with Crippen molar-refractivity contribution in [2.45, 2.75) is 34.6 Å². The van der Waals surface area contributed by atoms with E-state index in [0.717, 1.165) is 5.71 Å². The molecule has 14 heavy (non-hydrogen) atoms. The Morgan fingerprint density at radius 1 is 1.14 bits per heavy atom. The van der Waals surface area contributed by atoms with Gasteiger partial charge in [-0.1, -0.05) is 32.1 Å². The van der Waals surface area contributed by atoms with Crippen molar-refractivity contribution >= 4 is 5.71 Å². The van der Waals surface area contributed by atoms with E-state index in [1.165, 1.54) is 5.57 Å². The van der Waals surface area contributed by atoms with Gasteiger partial charge in [0.05, 0.1) is 0 Å². The fraction of sp³-hybridized carbons (Fsp3) is 0.462. The predicted molar refractivity (Wildman–Crippen MR) is 65.7 cm³/mol. The van der Waals surface area contributed by atoms with Crippen LogP contribution >= 0.6 is 0 Å². The monoisotopic (exact) mass is 191 g/mol. The van der Waals surface area contributed by atoms with Gasteiger partial charge >= 0.3 is 0 Å². The Labute approximate surface area is 87.9 Å². The van der Waals surface area contributed by atoms with Crippen LogP contribution in [0, 0.1) is 5.92 Å². The van der Waals surface area contributed by atoms with E-state index in [1.54, 1.807) is 0 Å². The summed E-state index contributed by atoms with van der Waals surface area (Å²) in [5.41, 5.74) is 2.36. The number of nitrogens with zero attached hydrogens (tertiary/aromatic N) is 1. The predicted octanol–water partition coefficient (Wildman–Crippen LogP) is 4.14. The van der Waals surface area contributed by atoms with E-state index in [2.05, 4.69) is 37.1 Å². The van der Waals surface area contributed by atoms with Crippen LogP contribution in [-0.4, -0.2) is 5.71 Å². The molecule has 0 rings (SSSR count). The molecule has 1 heteroatoms. The summed E-state index contributed by atoms with van der Waals surface area (Å²) in [6.45, 7) is 10.4. The lowest BCUT2D eigenvalue weighted by molar-refractivity contribution is 0.792. The largest absolute Gasteiger partial charge is 0.262 e. The molecule has 0 fully saturated rings. The fourth-order valence-corrected chi connectivity index (χ4v) is 1.07. The summed E-state index contributed by atoms with van der Waals surface area (Å²) < 4.78 is 0. The van der Waals surface area contributed by atoms with E-state index < -0.39 is 0 Å². The number of aliphatic imine (C=N–C) groups is 1. The van der Waals surface area contributed by atoms with Gasteiger partial charge < -0.3 is 0 Å². The van der Waals surface area contributed by atoms with Crippen LogP contribution in [0.2, 0.25) is 0 Å². The second kappa shape index (κ2) is 7.31. The van der Waals surface area contributed by atoms with Crippen molar-refractivity contribution in [3.05, 3.63) is 36.1 Å². The van der Waals surface area contributed by atoms with Gasteiger partial charge in [0.15, 0.2) is 0 Å². The standard InChI is InChI=1S/C13H21N/c1-6-8-13(11(3)4)10-12(5)14-9-7-2/h6-11H,1-5H3/b8-6-,9-7-,13-10+,14-12+. The highest BCUT2D eigenvalue weighted by Crippen LogP contribution is 2.11. The van der Waals surface area contributed by atoms with Crippen molar-refractivity contribution in [1.82, 2.24) is 0 Å². The lowest BCUT2D eigenvalue weighted by Crippen LogP contribution is -1.94. The van der Waals surface area contributed by atoms with Crippen LogP contribution in [0.5, 0.6) is 0 Å². The zero-order chi connectivity index (χ0) is 11.0. The molecule has 0 saturated carbocycles. The first-order chi connectivity index (χ1) is 6.61. The van der Waals surface area contributed by atoms with E-state index in [1.807, 2.05) is 33.0 Å². The molecule has 0 amide bonds. The SMILES string of the molecule is C\C=C/N=C(C)/C=C(\C=C/C)C(C)C. The molecule has 0 radical (unpaired) electrons. The maximum absolute atomic E-state index is 4.27. The summed E-state index contributed by atoms with van der Waals surface area (Å²) in [4.78, 5) is 4.27. The van der Waals surface area contributed by atoms with Crippen molar-refractivity contribution in [2.75, 3.05) is 0 Å². The maximum Gasteiger partial charge on any atom is 0.0375 e. The van der Waals surface area contributed by atoms with Gasteiger partial charge in [-0.15, -0.1) is 0 Å². The topological polar surface area (TPSA) is 12.4 Å². The first kappa shape index (κ1) is 12.9. The molecule has 0 aromatic carbocycles. The minimum atomic E-state index is 0.543. The highest BCUT2D eigenvalue weighted by atomic mass is 14.7. The number of hydrogen-bond acceptors (Lipinski definition) is 1. The summed E-state index contributed by atoms with van der Waals surface area (Å²) in [5.74, 6) is 0.543. The first-order valence-electron chi connectivity index (χ1n) is 5.11. The number of hydrogen-bond donors (Lipinski definition) is 0. The van der Waals surface area contributed by atoms with E-state index >= 15 is 0 Å². The van der Waals surface area contributed by atoms with Gasteiger partial charge in [-0.2, -0.15) is 0 Å². The van der Waals surface area contributed by atoms with Crippen molar-refractivity contribution < 1.29 is 0 Å². The van der Waals surface area contributed by atoms with Crippen LogP contribution in [0.15, 0.2) is 41.1 Å². The molecule has 0 aliphatic heterocycles. The fourth-order valence-electron chi connectivity index (χ4n) is 1.07. The molecule has 0 aromatic rings. The Hall–Kier alpha value is -1.11. The summed E-state index contributed by atoms with van der Waals surface area (Å²) in [5, 5.41) is 0. The highest BCUT2D eigenvalue weighted by molar-refractivity contribution is 5.94. The van der Waals surface area contributed by atoms with Gasteiger partial charge in [0.25, 0.3) is 0 Å². The summed E-state index contributed by atoms with van der Waals surface area (Å²) in [6.07, 6.45) is 10.1. The average molecular weight is 191 g/mol.